The van der Waals surface area contributed by atoms with E-state index in [2.05, 4.69) is 27.8 Å². The van der Waals surface area contributed by atoms with Crippen LogP contribution in [0.3, 0.4) is 0 Å². The van der Waals surface area contributed by atoms with Crippen LogP contribution in [0.2, 0.25) is 0 Å². The maximum absolute atomic E-state index is 12.0. The predicted octanol–water partition coefficient (Wildman–Crippen LogP) is 4.20. The average molecular weight is 371 g/mol. The van der Waals surface area contributed by atoms with E-state index in [0.717, 1.165) is 10.0 Å². The summed E-state index contributed by atoms with van der Waals surface area (Å²) in [5.41, 5.74) is 2.18. The number of aliphatic carboxylic acids is 1. The first-order valence-corrected chi connectivity index (χ1v) is 7.85. The fourth-order valence-corrected chi connectivity index (χ4v) is 2.41. The molecule has 1 N–H and O–H groups in total. The number of halogens is 1. The number of carboxylic acid groups (broad SMARTS) is 1. The lowest BCUT2D eigenvalue weighted by molar-refractivity contribution is -0.138. The molecule has 1 unspecified atom stereocenters. The van der Waals surface area contributed by atoms with Gasteiger partial charge in [0.2, 0.25) is 5.78 Å². The van der Waals surface area contributed by atoms with Gasteiger partial charge >= 0.3 is 5.97 Å². The molecular formula is C19H15BrO3. The van der Waals surface area contributed by atoms with E-state index in [-0.39, 0.29) is 12.2 Å². The Bertz CT molecular complexity index is 782. The zero-order valence-corrected chi connectivity index (χ0v) is 14.1. The Morgan fingerprint density at radius 3 is 2.48 bits per heavy atom. The highest BCUT2D eigenvalue weighted by atomic mass is 79.9. The molecule has 2 aromatic carbocycles. The van der Waals surface area contributed by atoms with E-state index < -0.39 is 11.9 Å². The number of aryl methyl sites for hydroxylation is 1. The summed E-state index contributed by atoms with van der Waals surface area (Å²) in [6.45, 7) is 1.91. The van der Waals surface area contributed by atoms with Crippen LogP contribution in [0.1, 0.15) is 33.8 Å². The monoisotopic (exact) mass is 370 g/mol. The predicted molar refractivity (Wildman–Crippen MR) is 92.4 cm³/mol. The number of carboxylic acids is 1. The first-order valence-electron chi connectivity index (χ1n) is 7.05. The van der Waals surface area contributed by atoms with Crippen molar-refractivity contribution in [2.24, 2.45) is 0 Å². The molecule has 116 valence electrons. The van der Waals surface area contributed by atoms with Crippen molar-refractivity contribution in [3.05, 3.63) is 69.7 Å². The molecule has 0 heterocycles. The van der Waals surface area contributed by atoms with E-state index in [1.807, 2.05) is 25.1 Å². The second-order valence-corrected chi connectivity index (χ2v) is 6.06. The number of carbonyl (C=O) groups excluding carboxylic acids is 1. The third-order valence-electron chi connectivity index (χ3n) is 3.36. The highest BCUT2D eigenvalue weighted by Crippen LogP contribution is 2.20. The van der Waals surface area contributed by atoms with Crippen LogP contribution in [0.15, 0.2) is 53.0 Å². The van der Waals surface area contributed by atoms with Gasteiger partial charge in [-0.25, -0.2) is 0 Å². The molecule has 0 aliphatic carbocycles. The third-order valence-corrected chi connectivity index (χ3v) is 3.89. The molecule has 0 aliphatic heterocycles. The molecule has 1 atom stereocenters. The normalized spacial score (nSPS) is 11.2. The molecule has 0 fully saturated rings. The van der Waals surface area contributed by atoms with Crippen LogP contribution >= 0.6 is 15.9 Å². The minimum Gasteiger partial charge on any atom is -0.481 e. The summed E-state index contributed by atoms with van der Waals surface area (Å²) in [7, 11) is 0. The first-order chi connectivity index (χ1) is 11.0. The second-order valence-electron chi connectivity index (χ2n) is 5.15. The molecule has 23 heavy (non-hydrogen) atoms. The van der Waals surface area contributed by atoms with E-state index in [4.69, 9.17) is 0 Å². The van der Waals surface area contributed by atoms with Crippen LogP contribution in [-0.4, -0.2) is 16.9 Å². The molecule has 0 bridgehead atoms. The van der Waals surface area contributed by atoms with Crippen molar-refractivity contribution in [1.29, 1.82) is 0 Å². The van der Waals surface area contributed by atoms with Crippen molar-refractivity contribution in [1.82, 2.24) is 0 Å². The van der Waals surface area contributed by atoms with Crippen LogP contribution in [0.5, 0.6) is 0 Å². The van der Waals surface area contributed by atoms with Crippen LogP contribution in [-0.2, 0) is 4.79 Å². The van der Waals surface area contributed by atoms with E-state index in [1.54, 1.807) is 30.3 Å². The van der Waals surface area contributed by atoms with E-state index in [0.29, 0.717) is 11.1 Å². The molecule has 4 heteroatoms. The summed E-state index contributed by atoms with van der Waals surface area (Å²) < 4.78 is 0.882. The molecular weight excluding hydrogens is 356 g/mol. The standard InChI is InChI=1S/C19H15BrO3/c1-13-4-2-5-15(12-13)17(19(22)23)6-3-7-18(21)14-8-10-16(20)11-9-14/h2,4-5,8-12,17H,6H2,1H3,(H,22,23). The molecule has 0 spiro atoms. The Kier molecular flexibility index (Phi) is 5.72. The molecule has 0 radical (unpaired) electrons. The van der Waals surface area contributed by atoms with Gasteiger partial charge in [-0.15, -0.1) is 0 Å². The van der Waals surface area contributed by atoms with Gasteiger partial charge in [0.15, 0.2) is 0 Å². The van der Waals surface area contributed by atoms with Crippen LogP contribution in [0.25, 0.3) is 0 Å². The maximum Gasteiger partial charge on any atom is 0.311 e. The Labute approximate surface area is 143 Å². The van der Waals surface area contributed by atoms with Gasteiger partial charge in [-0.1, -0.05) is 51.7 Å². The zero-order chi connectivity index (χ0) is 16.8. The molecule has 2 rings (SSSR count). The van der Waals surface area contributed by atoms with Gasteiger partial charge < -0.3 is 5.11 Å². The van der Waals surface area contributed by atoms with Crippen molar-refractivity contribution < 1.29 is 14.7 Å². The number of carbonyl (C=O) groups is 2. The fraction of sp³-hybridized carbons (Fsp3) is 0.158. The van der Waals surface area contributed by atoms with Gasteiger partial charge in [0.1, 0.15) is 0 Å². The summed E-state index contributed by atoms with van der Waals surface area (Å²) >= 11 is 3.30. The lowest BCUT2D eigenvalue weighted by atomic mass is 9.94. The summed E-state index contributed by atoms with van der Waals surface area (Å²) in [5.74, 6) is 3.23. The lowest BCUT2D eigenvalue weighted by Gasteiger charge is -2.09. The van der Waals surface area contributed by atoms with Gasteiger partial charge in [-0.05, 0) is 42.7 Å². The molecule has 0 saturated carbocycles. The molecule has 0 aromatic heterocycles. The Hall–Kier alpha value is -2.38. The van der Waals surface area contributed by atoms with E-state index in [9.17, 15) is 14.7 Å². The quantitative estimate of drug-likeness (QED) is 0.498. The number of hydrogen-bond donors (Lipinski definition) is 1. The molecule has 0 aliphatic rings. The van der Waals surface area contributed by atoms with Gasteiger partial charge in [0, 0.05) is 16.5 Å². The SMILES string of the molecule is Cc1cccc(C(CC#CC(=O)c2ccc(Br)cc2)C(=O)O)c1. The average Bonchev–Trinajstić information content (AvgIpc) is 2.51. The lowest BCUT2D eigenvalue weighted by Crippen LogP contribution is -2.11. The highest BCUT2D eigenvalue weighted by molar-refractivity contribution is 9.10. The molecule has 2 aromatic rings. The zero-order valence-electron chi connectivity index (χ0n) is 12.5. The number of Topliss-reactive ketones (excluding diaryl/α,β-unsaturated/α-hetero) is 1. The Balaban J connectivity index is 2.12. The number of ketones is 1. The van der Waals surface area contributed by atoms with E-state index in [1.165, 1.54) is 0 Å². The first kappa shape index (κ1) is 17.0. The summed E-state index contributed by atoms with van der Waals surface area (Å²) in [6, 6.07) is 14.2. The smallest absolute Gasteiger partial charge is 0.311 e. The van der Waals surface area contributed by atoms with E-state index >= 15 is 0 Å². The van der Waals surface area contributed by atoms with Crippen molar-refractivity contribution in [3.8, 4) is 11.8 Å². The minimum absolute atomic E-state index is 0.0983. The summed E-state index contributed by atoms with van der Waals surface area (Å²) in [5, 5.41) is 9.37. The van der Waals surface area contributed by atoms with Crippen molar-refractivity contribution in [2.45, 2.75) is 19.3 Å². The minimum atomic E-state index is -0.944. The van der Waals surface area contributed by atoms with Crippen LogP contribution in [0, 0.1) is 18.8 Å². The number of benzene rings is 2. The Morgan fingerprint density at radius 1 is 1.17 bits per heavy atom. The van der Waals surface area contributed by atoms with Crippen molar-refractivity contribution in [3.63, 3.8) is 0 Å². The van der Waals surface area contributed by atoms with Gasteiger partial charge in [-0.2, -0.15) is 0 Å². The summed E-state index contributed by atoms with van der Waals surface area (Å²) in [4.78, 5) is 23.4. The van der Waals surface area contributed by atoms with Gasteiger partial charge in [-0.3, -0.25) is 9.59 Å². The van der Waals surface area contributed by atoms with Crippen LogP contribution < -0.4 is 0 Å². The molecule has 0 amide bonds. The van der Waals surface area contributed by atoms with Crippen molar-refractivity contribution in [2.75, 3.05) is 0 Å². The van der Waals surface area contributed by atoms with Crippen molar-refractivity contribution >= 4 is 27.7 Å². The van der Waals surface area contributed by atoms with Crippen LogP contribution in [0.4, 0.5) is 0 Å². The number of rotatable bonds is 4. The topological polar surface area (TPSA) is 54.4 Å². The maximum atomic E-state index is 12.0. The van der Waals surface area contributed by atoms with Gasteiger partial charge in [0.25, 0.3) is 0 Å². The third kappa shape index (κ3) is 4.80. The largest absolute Gasteiger partial charge is 0.481 e. The highest BCUT2D eigenvalue weighted by Gasteiger charge is 2.18. The Morgan fingerprint density at radius 2 is 1.87 bits per heavy atom. The summed E-state index contributed by atoms with van der Waals surface area (Å²) in [6.07, 6.45) is 0.0983. The second kappa shape index (κ2) is 7.75. The molecule has 0 saturated heterocycles. The molecule has 3 nitrogen and oxygen atoms in total. The van der Waals surface area contributed by atoms with Gasteiger partial charge in [0.05, 0.1) is 5.92 Å². The number of hydrogen-bond acceptors (Lipinski definition) is 2. The fourth-order valence-electron chi connectivity index (χ4n) is 2.14.